The van der Waals surface area contributed by atoms with Gasteiger partial charge in [-0.2, -0.15) is 0 Å². The Morgan fingerprint density at radius 3 is 2.56 bits per heavy atom. The summed E-state index contributed by atoms with van der Waals surface area (Å²) in [6.45, 7) is 3.19. The number of methoxy groups -OCH3 is 2. The summed E-state index contributed by atoms with van der Waals surface area (Å²) in [5.41, 5.74) is 2.47. The van der Waals surface area contributed by atoms with Crippen molar-refractivity contribution in [2.75, 3.05) is 27.4 Å². The highest BCUT2D eigenvalue weighted by Crippen LogP contribution is 2.10. The molecule has 1 aromatic carbocycles. The number of fused-ring (bicyclic) bond motifs is 1. The molecule has 4 nitrogen and oxygen atoms in total. The van der Waals surface area contributed by atoms with Gasteiger partial charge in [0.05, 0.1) is 13.2 Å². The molecule has 0 aliphatic carbocycles. The van der Waals surface area contributed by atoms with Crippen LogP contribution in [0.5, 0.6) is 0 Å². The molecule has 0 N–H and O–H groups in total. The highest BCUT2D eigenvalue weighted by Gasteiger charge is 2.13. The molecule has 0 saturated carbocycles. The van der Waals surface area contributed by atoms with Crippen LogP contribution in [-0.2, 0) is 22.6 Å². The van der Waals surface area contributed by atoms with Crippen LogP contribution in [0.4, 0.5) is 0 Å². The standard InChI is InChI=1S/C13H19N2O2.ClH/c1-16-9-7-14-11-15(8-10-17-2)13-6-4-3-5-12(13)14;/h3-6,11H,7-10H2,1-2H3;1H/q+1;/p-1. The minimum Gasteiger partial charge on any atom is -1.00 e. The van der Waals surface area contributed by atoms with Crippen molar-refractivity contribution in [1.29, 1.82) is 0 Å². The first kappa shape index (κ1) is 15.0. The van der Waals surface area contributed by atoms with E-state index in [0.717, 1.165) is 26.3 Å². The van der Waals surface area contributed by atoms with Crippen LogP contribution in [-0.4, -0.2) is 32.0 Å². The largest absolute Gasteiger partial charge is 1.00 e. The number of aromatic nitrogens is 2. The van der Waals surface area contributed by atoms with E-state index in [9.17, 15) is 0 Å². The Morgan fingerprint density at radius 2 is 1.83 bits per heavy atom. The highest BCUT2D eigenvalue weighted by atomic mass is 35.5. The van der Waals surface area contributed by atoms with E-state index in [1.807, 2.05) is 0 Å². The molecular weight excluding hydrogens is 252 g/mol. The zero-order valence-electron chi connectivity index (χ0n) is 10.8. The van der Waals surface area contributed by atoms with Gasteiger partial charge in [0.15, 0.2) is 11.0 Å². The van der Waals surface area contributed by atoms with Crippen LogP contribution in [0.25, 0.3) is 11.0 Å². The van der Waals surface area contributed by atoms with Crippen LogP contribution in [0.15, 0.2) is 30.6 Å². The topological polar surface area (TPSA) is 27.3 Å². The van der Waals surface area contributed by atoms with Gasteiger partial charge in [0.1, 0.15) is 13.1 Å². The molecule has 0 bridgehead atoms. The van der Waals surface area contributed by atoms with E-state index in [2.05, 4.69) is 39.7 Å². The van der Waals surface area contributed by atoms with Gasteiger partial charge < -0.3 is 21.9 Å². The van der Waals surface area contributed by atoms with Crippen molar-refractivity contribution < 1.29 is 26.4 Å². The summed E-state index contributed by atoms with van der Waals surface area (Å²) in [5.74, 6) is 0. The minimum absolute atomic E-state index is 0. The molecule has 0 radical (unpaired) electrons. The summed E-state index contributed by atoms with van der Waals surface area (Å²) in [5, 5.41) is 0. The third-order valence-corrected chi connectivity index (χ3v) is 2.85. The Labute approximate surface area is 114 Å². The fraction of sp³-hybridized carbons (Fsp3) is 0.462. The Bertz CT molecular complexity index is 443. The van der Waals surface area contributed by atoms with E-state index in [4.69, 9.17) is 9.47 Å². The van der Waals surface area contributed by atoms with Crippen LogP contribution < -0.4 is 17.0 Å². The predicted molar refractivity (Wildman–Crippen MR) is 65.9 cm³/mol. The van der Waals surface area contributed by atoms with E-state index < -0.39 is 0 Å². The average Bonchev–Trinajstić information content (AvgIpc) is 2.72. The fourth-order valence-corrected chi connectivity index (χ4v) is 1.98. The molecule has 0 fully saturated rings. The Kier molecular flexibility index (Phi) is 6.12. The number of hydrogen-bond donors (Lipinski definition) is 0. The molecular formula is C13H19ClN2O2. The number of benzene rings is 1. The molecule has 0 saturated heterocycles. The van der Waals surface area contributed by atoms with Crippen LogP contribution in [0.3, 0.4) is 0 Å². The number of nitrogens with zero attached hydrogens (tertiary/aromatic N) is 2. The van der Waals surface area contributed by atoms with Crippen LogP contribution in [0.2, 0.25) is 0 Å². The van der Waals surface area contributed by atoms with Crippen molar-refractivity contribution in [2.45, 2.75) is 13.1 Å². The van der Waals surface area contributed by atoms with Crippen molar-refractivity contribution in [2.24, 2.45) is 0 Å². The second-order valence-corrected chi connectivity index (χ2v) is 3.98. The van der Waals surface area contributed by atoms with E-state index in [-0.39, 0.29) is 12.4 Å². The van der Waals surface area contributed by atoms with E-state index in [1.165, 1.54) is 11.0 Å². The molecule has 0 spiro atoms. The number of para-hydroxylation sites is 2. The van der Waals surface area contributed by atoms with Gasteiger partial charge in [-0.15, -0.1) is 0 Å². The van der Waals surface area contributed by atoms with E-state index >= 15 is 0 Å². The molecule has 1 heterocycles. The molecule has 0 aliphatic heterocycles. The third kappa shape index (κ3) is 3.22. The lowest BCUT2D eigenvalue weighted by atomic mass is 10.3. The molecule has 0 amide bonds. The normalized spacial score (nSPS) is 10.6. The zero-order chi connectivity index (χ0) is 12.1. The first-order chi connectivity index (χ1) is 8.36. The molecule has 2 aromatic rings. The van der Waals surface area contributed by atoms with Crippen molar-refractivity contribution in [3.8, 4) is 0 Å². The number of halogens is 1. The van der Waals surface area contributed by atoms with Gasteiger partial charge in [0.25, 0.3) is 0 Å². The lowest BCUT2D eigenvalue weighted by Crippen LogP contribution is -3.00. The predicted octanol–water partition coefficient (Wildman–Crippen LogP) is -1.77. The first-order valence-corrected chi connectivity index (χ1v) is 5.82. The SMILES string of the molecule is COCCn1c[n+](CCOC)c2ccccc21.[Cl-]. The average molecular weight is 271 g/mol. The van der Waals surface area contributed by atoms with Crippen LogP contribution in [0, 0.1) is 0 Å². The Balaban J connectivity index is 0.00000162. The van der Waals surface area contributed by atoms with Gasteiger partial charge >= 0.3 is 0 Å². The van der Waals surface area contributed by atoms with Crippen molar-refractivity contribution in [1.82, 2.24) is 4.57 Å². The molecule has 0 atom stereocenters. The van der Waals surface area contributed by atoms with Crippen LogP contribution in [0.1, 0.15) is 0 Å². The van der Waals surface area contributed by atoms with E-state index in [1.54, 1.807) is 14.2 Å². The summed E-state index contributed by atoms with van der Waals surface area (Å²) >= 11 is 0. The van der Waals surface area contributed by atoms with Gasteiger partial charge in [-0.1, -0.05) is 12.1 Å². The maximum atomic E-state index is 5.13. The second-order valence-electron chi connectivity index (χ2n) is 3.98. The number of imidazole rings is 1. The molecule has 2 rings (SSSR count). The third-order valence-electron chi connectivity index (χ3n) is 2.85. The van der Waals surface area contributed by atoms with Crippen molar-refractivity contribution in [3.63, 3.8) is 0 Å². The number of hydrogen-bond acceptors (Lipinski definition) is 2. The molecule has 18 heavy (non-hydrogen) atoms. The summed E-state index contributed by atoms with van der Waals surface area (Å²) < 4.78 is 14.7. The maximum absolute atomic E-state index is 5.13. The highest BCUT2D eigenvalue weighted by molar-refractivity contribution is 5.71. The van der Waals surface area contributed by atoms with Gasteiger partial charge in [-0.25, -0.2) is 9.13 Å². The first-order valence-electron chi connectivity index (χ1n) is 5.82. The Morgan fingerprint density at radius 1 is 1.11 bits per heavy atom. The smallest absolute Gasteiger partial charge is 0.244 e. The lowest BCUT2D eigenvalue weighted by Gasteiger charge is -1.95. The lowest BCUT2D eigenvalue weighted by molar-refractivity contribution is -0.673. The van der Waals surface area contributed by atoms with Crippen LogP contribution >= 0.6 is 0 Å². The second kappa shape index (κ2) is 7.36. The molecule has 100 valence electrons. The molecule has 5 heteroatoms. The summed E-state index contributed by atoms with van der Waals surface area (Å²) in [4.78, 5) is 0. The maximum Gasteiger partial charge on any atom is 0.244 e. The molecule has 0 aliphatic rings. The van der Waals surface area contributed by atoms with Gasteiger partial charge in [0.2, 0.25) is 6.33 Å². The van der Waals surface area contributed by atoms with E-state index in [0.29, 0.717) is 0 Å². The van der Waals surface area contributed by atoms with Gasteiger partial charge in [-0.05, 0) is 12.1 Å². The monoisotopic (exact) mass is 270 g/mol. The molecule has 1 aromatic heterocycles. The van der Waals surface area contributed by atoms with Crippen molar-refractivity contribution in [3.05, 3.63) is 30.6 Å². The summed E-state index contributed by atoms with van der Waals surface area (Å²) in [7, 11) is 3.45. The Hall–Kier alpha value is -1.10. The van der Waals surface area contributed by atoms with Gasteiger partial charge in [0, 0.05) is 14.2 Å². The fourth-order valence-electron chi connectivity index (χ4n) is 1.98. The number of rotatable bonds is 6. The van der Waals surface area contributed by atoms with Gasteiger partial charge in [-0.3, -0.25) is 0 Å². The quantitative estimate of drug-likeness (QED) is 0.581. The zero-order valence-corrected chi connectivity index (χ0v) is 11.6. The minimum atomic E-state index is 0. The van der Waals surface area contributed by atoms with Crippen molar-refractivity contribution >= 4 is 11.0 Å². The summed E-state index contributed by atoms with van der Waals surface area (Å²) in [6, 6.07) is 8.39. The summed E-state index contributed by atoms with van der Waals surface area (Å²) in [6.07, 6.45) is 2.13. The molecule has 0 unspecified atom stereocenters. The number of ether oxygens (including phenoxy) is 2.